The summed E-state index contributed by atoms with van der Waals surface area (Å²) in [5.74, 6) is 0.235. The van der Waals surface area contributed by atoms with Gasteiger partial charge in [0, 0.05) is 18.5 Å². The highest BCUT2D eigenvalue weighted by atomic mass is 19.1. The van der Waals surface area contributed by atoms with Gasteiger partial charge in [-0.3, -0.25) is 4.79 Å². The molecule has 2 N–H and O–H groups in total. The zero-order valence-electron chi connectivity index (χ0n) is 10.4. The third-order valence-corrected chi connectivity index (χ3v) is 3.31. The van der Waals surface area contributed by atoms with Crippen molar-refractivity contribution >= 4 is 0 Å². The summed E-state index contributed by atoms with van der Waals surface area (Å²) in [5, 5.41) is 3.18. The van der Waals surface area contributed by atoms with Crippen LogP contribution in [0.5, 0.6) is 0 Å². The zero-order valence-corrected chi connectivity index (χ0v) is 10.4. The van der Waals surface area contributed by atoms with E-state index >= 15 is 0 Å². The first-order valence-electron chi connectivity index (χ1n) is 6.29. The van der Waals surface area contributed by atoms with Crippen molar-refractivity contribution in [2.24, 2.45) is 0 Å². The molecule has 1 aliphatic rings. The molecule has 0 saturated carbocycles. The maximum atomic E-state index is 13.6. The third-order valence-electron chi connectivity index (χ3n) is 3.31. The first-order valence-corrected chi connectivity index (χ1v) is 6.29. The van der Waals surface area contributed by atoms with Crippen LogP contribution in [0.15, 0.2) is 29.1 Å². The van der Waals surface area contributed by atoms with E-state index in [0.29, 0.717) is 30.8 Å². The summed E-state index contributed by atoms with van der Waals surface area (Å²) in [5.41, 5.74) is 1.96. The minimum Gasteiger partial charge on any atom is -0.311 e. The Morgan fingerprint density at radius 3 is 3.00 bits per heavy atom. The number of H-pyrrole nitrogens is 1. The fourth-order valence-corrected chi connectivity index (χ4v) is 2.33. The second kappa shape index (κ2) is 4.93. The fraction of sp³-hybridized carbons (Fsp3) is 0.286. The Hall–Kier alpha value is -2.01. The monoisotopic (exact) mass is 259 g/mol. The summed E-state index contributed by atoms with van der Waals surface area (Å²) in [6.07, 6.45) is 0.993. The van der Waals surface area contributed by atoms with Gasteiger partial charge < -0.3 is 10.3 Å². The molecule has 1 aromatic carbocycles. The van der Waals surface area contributed by atoms with E-state index in [0.717, 1.165) is 17.8 Å². The second-order valence-corrected chi connectivity index (χ2v) is 4.63. The molecule has 1 aromatic heterocycles. The molecule has 0 fully saturated rings. The van der Waals surface area contributed by atoms with E-state index in [1.54, 1.807) is 18.2 Å². The van der Waals surface area contributed by atoms with E-state index in [2.05, 4.69) is 15.3 Å². The summed E-state index contributed by atoms with van der Waals surface area (Å²) in [6.45, 7) is 1.40. The maximum Gasteiger partial charge on any atom is 0.254 e. The number of hydrogen-bond acceptors (Lipinski definition) is 3. The minimum atomic E-state index is -0.277. The van der Waals surface area contributed by atoms with Crippen LogP contribution in [0, 0.1) is 5.82 Å². The van der Waals surface area contributed by atoms with Crippen molar-refractivity contribution in [1.82, 2.24) is 15.3 Å². The van der Waals surface area contributed by atoms with Crippen LogP contribution in [-0.4, -0.2) is 16.5 Å². The number of hydrogen-bond donors (Lipinski definition) is 2. The number of rotatable bonds is 2. The molecule has 19 heavy (non-hydrogen) atoms. The fourth-order valence-electron chi connectivity index (χ4n) is 2.33. The van der Waals surface area contributed by atoms with Crippen LogP contribution in [0.2, 0.25) is 0 Å². The van der Waals surface area contributed by atoms with E-state index in [1.165, 1.54) is 6.07 Å². The lowest BCUT2D eigenvalue weighted by molar-refractivity contribution is 0.602. The lowest BCUT2D eigenvalue weighted by Crippen LogP contribution is -2.32. The first kappa shape index (κ1) is 12.0. The largest absolute Gasteiger partial charge is 0.311 e. The molecule has 0 radical (unpaired) electrons. The van der Waals surface area contributed by atoms with Crippen LogP contribution in [0.25, 0.3) is 0 Å². The summed E-state index contributed by atoms with van der Waals surface area (Å²) in [7, 11) is 0. The van der Waals surface area contributed by atoms with Crippen molar-refractivity contribution in [3.63, 3.8) is 0 Å². The summed E-state index contributed by atoms with van der Waals surface area (Å²) < 4.78 is 13.6. The van der Waals surface area contributed by atoms with Gasteiger partial charge in [0.2, 0.25) is 0 Å². The Bertz CT molecular complexity index is 666. The van der Waals surface area contributed by atoms with E-state index in [-0.39, 0.29) is 11.4 Å². The molecule has 0 aliphatic carbocycles. The predicted molar refractivity (Wildman–Crippen MR) is 69.5 cm³/mol. The minimum absolute atomic E-state index is 0.0992. The van der Waals surface area contributed by atoms with Crippen molar-refractivity contribution in [2.75, 3.05) is 6.54 Å². The maximum absolute atomic E-state index is 13.6. The number of halogens is 1. The first-order chi connectivity index (χ1) is 9.24. The van der Waals surface area contributed by atoms with Gasteiger partial charge in [-0.05, 0) is 24.6 Å². The molecule has 0 spiro atoms. The SMILES string of the molecule is O=c1[nH]c(Cc2ccccc2F)nc2c1CCNC2. The average Bonchev–Trinajstić information content (AvgIpc) is 2.42. The van der Waals surface area contributed by atoms with E-state index in [1.807, 2.05) is 0 Å². The summed E-state index contributed by atoms with van der Waals surface area (Å²) in [4.78, 5) is 19.1. The Labute approximate surface area is 109 Å². The Balaban J connectivity index is 1.96. The molecule has 4 nitrogen and oxygen atoms in total. The highest BCUT2D eigenvalue weighted by Gasteiger charge is 2.15. The molecule has 0 unspecified atom stereocenters. The summed E-state index contributed by atoms with van der Waals surface area (Å²) >= 11 is 0. The van der Waals surface area contributed by atoms with Gasteiger partial charge in [-0.25, -0.2) is 9.37 Å². The predicted octanol–water partition coefficient (Wildman–Crippen LogP) is 1.15. The number of fused-ring (bicyclic) bond motifs is 1. The molecule has 0 amide bonds. The second-order valence-electron chi connectivity index (χ2n) is 4.63. The molecule has 1 aliphatic heterocycles. The molecule has 5 heteroatoms. The van der Waals surface area contributed by atoms with Gasteiger partial charge >= 0.3 is 0 Å². The number of aromatic nitrogens is 2. The Kier molecular flexibility index (Phi) is 3.13. The normalized spacial score (nSPS) is 14.2. The number of aromatic amines is 1. The highest BCUT2D eigenvalue weighted by Crippen LogP contribution is 2.12. The van der Waals surface area contributed by atoms with E-state index in [4.69, 9.17) is 0 Å². The van der Waals surface area contributed by atoms with Gasteiger partial charge in [-0.15, -0.1) is 0 Å². The van der Waals surface area contributed by atoms with Crippen LogP contribution < -0.4 is 10.9 Å². The molecule has 2 aromatic rings. The van der Waals surface area contributed by atoms with Crippen molar-refractivity contribution in [3.05, 3.63) is 63.1 Å². The third kappa shape index (κ3) is 2.42. The number of benzene rings is 1. The van der Waals surface area contributed by atoms with Crippen molar-refractivity contribution in [2.45, 2.75) is 19.4 Å². The molecular formula is C14H14FN3O. The Morgan fingerprint density at radius 2 is 2.16 bits per heavy atom. The van der Waals surface area contributed by atoms with Crippen LogP contribution in [-0.2, 0) is 19.4 Å². The van der Waals surface area contributed by atoms with Crippen LogP contribution in [0.4, 0.5) is 4.39 Å². The summed E-state index contributed by atoms with van der Waals surface area (Å²) in [6, 6.07) is 6.53. The smallest absolute Gasteiger partial charge is 0.254 e. The van der Waals surface area contributed by atoms with E-state index < -0.39 is 0 Å². The molecule has 0 saturated heterocycles. The van der Waals surface area contributed by atoms with Crippen molar-refractivity contribution < 1.29 is 4.39 Å². The van der Waals surface area contributed by atoms with Gasteiger partial charge in [-0.2, -0.15) is 0 Å². The topological polar surface area (TPSA) is 57.8 Å². The quantitative estimate of drug-likeness (QED) is 0.850. The van der Waals surface area contributed by atoms with Crippen LogP contribution in [0.1, 0.15) is 22.6 Å². The molecule has 3 rings (SSSR count). The van der Waals surface area contributed by atoms with Gasteiger partial charge in [0.15, 0.2) is 0 Å². The van der Waals surface area contributed by atoms with Crippen molar-refractivity contribution in [1.29, 1.82) is 0 Å². The zero-order chi connectivity index (χ0) is 13.2. The van der Waals surface area contributed by atoms with Crippen LogP contribution >= 0.6 is 0 Å². The van der Waals surface area contributed by atoms with Crippen LogP contribution in [0.3, 0.4) is 0 Å². The number of nitrogens with one attached hydrogen (secondary N) is 2. The lowest BCUT2D eigenvalue weighted by Gasteiger charge is -2.15. The van der Waals surface area contributed by atoms with Gasteiger partial charge in [0.25, 0.3) is 5.56 Å². The van der Waals surface area contributed by atoms with Gasteiger partial charge in [-0.1, -0.05) is 18.2 Å². The van der Waals surface area contributed by atoms with Crippen molar-refractivity contribution in [3.8, 4) is 0 Å². The average molecular weight is 259 g/mol. The molecule has 98 valence electrons. The lowest BCUT2D eigenvalue weighted by atomic mass is 10.1. The molecular weight excluding hydrogens is 245 g/mol. The standard InChI is InChI=1S/C14H14FN3O/c15-11-4-2-1-3-9(11)7-13-17-12-8-16-6-5-10(12)14(19)18-13/h1-4,16H,5-8H2,(H,17,18,19). The number of nitrogens with zero attached hydrogens (tertiary/aromatic N) is 1. The molecule has 0 atom stereocenters. The Morgan fingerprint density at radius 1 is 1.32 bits per heavy atom. The van der Waals surface area contributed by atoms with Gasteiger partial charge in [0.1, 0.15) is 11.6 Å². The highest BCUT2D eigenvalue weighted by molar-refractivity contribution is 5.24. The van der Waals surface area contributed by atoms with Gasteiger partial charge in [0.05, 0.1) is 5.69 Å². The molecule has 2 heterocycles. The molecule has 0 bridgehead atoms. The van der Waals surface area contributed by atoms with E-state index in [9.17, 15) is 9.18 Å².